The number of hydrogen-bond donors (Lipinski definition) is 4. The number of nitrogens with zero attached hydrogens (tertiary/aromatic N) is 1. The Morgan fingerprint density at radius 1 is 1.14 bits per heavy atom. The van der Waals surface area contributed by atoms with Crippen molar-refractivity contribution in [3.8, 4) is 5.75 Å². The molecule has 3 aromatic carbocycles. The molecule has 1 heterocycles. The van der Waals surface area contributed by atoms with Crippen LogP contribution in [-0.4, -0.2) is 60.8 Å². The van der Waals surface area contributed by atoms with Crippen molar-refractivity contribution in [3.05, 3.63) is 66.2 Å². The van der Waals surface area contributed by atoms with Crippen LogP contribution in [0.1, 0.15) is 19.4 Å². The van der Waals surface area contributed by atoms with Gasteiger partial charge in [-0.15, -0.1) is 0 Å². The van der Waals surface area contributed by atoms with Crippen LogP contribution in [0.5, 0.6) is 5.75 Å². The van der Waals surface area contributed by atoms with Gasteiger partial charge >= 0.3 is 6.03 Å². The second-order valence-electron chi connectivity index (χ2n) is 9.37. The molecule has 4 rings (SSSR count). The van der Waals surface area contributed by atoms with Crippen LogP contribution in [0.15, 0.2) is 60.7 Å². The summed E-state index contributed by atoms with van der Waals surface area (Å²) in [7, 11) is 1.87. The van der Waals surface area contributed by atoms with Crippen molar-refractivity contribution in [2.24, 2.45) is 5.92 Å². The Morgan fingerprint density at radius 3 is 2.69 bits per heavy atom. The van der Waals surface area contributed by atoms with Gasteiger partial charge < -0.3 is 30.7 Å². The average molecular weight is 491 g/mol. The highest BCUT2D eigenvalue weighted by Gasteiger charge is 2.30. The number of urea groups is 1. The van der Waals surface area contributed by atoms with Crippen LogP contribution in [0.3, 0.4) is 0 Å². The maximum atomic E-state index is 13.2. The lowest BCUT2D eigenvalue weighted by molar-refractivity contribution is -0.134. The maximum absolute atomic E-state index is 13.2. The van der Waals surface area contributed by atoms with E-state index in [2.05, 4.69) is 16.0 Å². The van der Waals surface area contributed by atoms with Crippen molar-refractivity contribution in [1.82, 2.24) is 10.2 Å². The molecule has 0 bridgehead atoms. The maximum Gasteiger partial charge on any atom is 0.323 e. The van der Waals surface area contributed by atoms with Crippen molar-refractivity contribution in [2.45, 2.75) is 32.4 Å². The zero-order chi connectivity index (χ0) is 25.7. The Morgan fingerprint density at radius 2 is 1.92 bits per heavy atom. The molecule has 3 amide bonds. The van der Waals surface area contributed by atoms with Gasteiger partial charge in [0, 0.05) is 35.6 Å². The fraction of sp³-hybridized carbons (Fsp3) is 0.357. The van der Waals surface area contributed by atoms with Gasteiger partial charge in [-0.2, -0.15) is 0 Å². The largest absolute Gasteiger partial charge is 0.488 e. The topological polar surface area (TPSA) is 103 Å². The number of likely N-dealkylation sites (N-methyl/N-ethyl adjacent to an activating group) is 1. The second kappa shape index (κ2) is 11.4. The van der Waals surface area contributed by atoms with E-state index in [0.29, 0.717) is 35.8 Å². The predicted octanol–water partition coefficient (Wildman–Crippen LogP) is 3.85. The molecule has 3 aromatic rings. The van der Waals surface area contributed by atoms with Gasteiger partial charge in [0.2, 0.25) is 5.91 Å². The van der Waals surface area contributed by atoms with E-state index in [1.54, 1.807) is 23.1 Å². The van der Waals surface area contributed by atoms with Crippen LogP contribution >= 0.6 is 0 Å². The number of ether oxygens (including phenoxy) is 1. The fourth-order valence-corrected chi connectivity index (χ4v) is 4.57. The number of carbonyl (C=O) groups excluding carboxylic acids is 2. The second-order valence-corrected chi connectivity index (χ2v) is 9.37. The van der Waals surface area contributed by atoms with Crippen molar-refractivity contribution >= 4 is 34.1 Å². The van der Waals surface area contributed by atoms with Gasteiger partial charge in [-0.1, -0.05) is 43.3 Å². The Bertz CT molecular complexity index is 1230. The number of aliphatic hydroxyl groups excluding tert-OH is 1. The van der Waals surface area contributed by atoms with Gasteiger partial charge in [-0.05, 0) is 43.6 Å². The molecule has 8 nitrogen and oxygen atoms in total. The van der Waals surface area contributed by atoms with E-state index in [0.717, 1.165) is 10.8 Å². The number of rotatable bonds is 6. The Balaban J connectivity index is 1.57. The molecule has 0 unspecified atom stereocenters. The molecule has 0 aromatic heterocycles. The van der Waals surface area contributed by atoms with Gasteiger partial charge in [-0.3, -0.25) is 4.79 Å². The number of aliphatic hydroxyl groups is 1. The quantitative estimate of drug-likeness (QED) is 0.420. The average Bonchev–Trinajstić information content (AvgIpc) is 2.92. The number of fused-ring (bicyclic) bond motifs is 2. The molecule has 1 aliphatic heterocycles. The molecule has 0 spiro atoms. The summed E-state index contributed by atoms with van der Waals surface area (Å²) in [5, 5.41) is 20.7. The van der Waals surface area contributed by atoms with Crippen LogP contribution < -0.4 is 20.7 Å². The van der Waals surface area contributed by atoms with Crippen LogP contribution in [0.25, 0.3) is 10.8 Å². The third-order valence-electron chi connectivity index (χ3n) is 6.62. The van der Waals surface area contributed by atoms with Crippen molar-refractivity contribution in [2.75, 3.05) is 37.4 Å². The van der Waals surface area contributed by atoms with Gasteiger partial charge in [-0.25, -0.2) is 4.79 Å². The summed E-state index contributed by atoms with van der Waals surface area (Å²) < 4.78 is 6.35. The predicted molar refractivity (Wildman–Crippen MR) is 143 cm³/mol. The van der Waals surface area contributed by atoms with E-state index in [4.69, 9.17) is 4.74 Å². The molecule has 36 heavy (non-hydrogen) atoms. The monoisotopic (exact) mass is 490 g/mol. The Kier molecular flexibility index (Phi) is 8.07. The molecule has 1 aliphatic rings. The zero-order valence-electron chi connectivity index (χ0n) is 21.0. The summed E-state index contributed by atoms with van der Waals surface area (Å²) in [6.07, 6.45) is -0.0550. The molecule has 4 N–H and O–H groups in total. The van der Waals surface area contributed by atoms with Gasteiger partial charge in [0.05, 0.1) is 24.8 Å². The summed E-state index contributed by atoms with van der Waals surface area (Å²) in [5.41, 5.74) is 1.96. The molecule has 0 aliphatic carbocycles. The number of carbonyl (C=O) groups is 2. The highest BCUT2D eigenvalue weighted by molar-refractivity contribution is 6.06. The standard InChI is InChI=1S/C28H34N4O4/c1-18-16-32(19(2)17-33)27(34)14-21-13-22(11-12-25(21)36-26(18)15-29-3)30-28(35)31-24-10-6-8-20-7-4-5-9-23(20)24/h4-13,18-19,26,29,33H,14-17H2,1-3H3,(H2,30,31,35)/t18-,19-,26+/m0/s1. The molecular formula is C28H34N4O4. The molecular weight excluding hydrogens is 456 g/mol. The van der Waals surface area contributed by atoms with Gasteiger partial charge in [0.1, 0.15) is 11.9 Å². The fourth-order valence-electron chi connectivity index (χ4n) is 4.57. The minimum atomic E-state index is -0.376. The summed E-state index contributed by atoms with van der Waals surface area (Å²) >= 11 is 0. The van der Waals surface area contributed by atoms with E-state index >= 15 is 0 Å². The number of anilines is 2. The lowest BCUT2D eigenvalue weighted by atomic mass is 10.0. The lowest BCUT2D eigenvalue weighted by Gasteiger charge is -2.32. The van der Waals surface area contributed by atoms with Crippen LogP contribution in [0.4, 0.5) is 16.2 Å². The first-order valence-electron chi connectivity index (χ1n) is 12.3. The van der Waals surface area contributed by atoms with Gasteiger partial charge in [0.25, 0.3) is 0 Å². The minimum Gasteiger partial charge on any atom is -0.488 e. The smallest absolute Gasteiger partial charge is 0.323 e. The van der Waals surface area contributed by atoms with E-state index in [1.165, 1.54) is 0 Å². The summed E-state index contributed by atoms with van der Waals surface area (Å²) in [5.74, 6) is 0.579. The third kappa shape index (κ3) is 5.78. The molecule has 8 heteroatoms. The highest BCUT2D eigenvalue weighted by Crippen LogP contribution is 2.29. The molecule has 190 valence electrons. The summed E-state index contributed by atoms with van der Waals surface area (Å²) in [6.45, 7) is 4.87. The van der Waals surface area contributed by atoms with E-state index < -0.39 is 0 Å². The summed E-state index contributed by atoms with van der Waals surface area (Å²) in [4.78, 5) is 27.8. The van der Waals surface area contributed by atoms with Crippen LogP contribution in [0, 0.1) is 5.92 Å². The molecule has 3 atom stereocenters. The third-order valence-corrected chi connectivity index (χ3v) is 6.62. The first-order chi connectivity index (χ1) is 17.4. The number of nitrogens with one attached hydrogen (secondary N) is 3. The number of hydrogen-bond acceptors (Lipinski definition) is 5. The zero-order valence-corrected chi connectivity index (χ0v) is 21.0. The molecule has 0 saturated carbocycles. The molecule has 0 radical (unpaired) electrons. The van der Waals surface area contributed by atoms with Gasteiger partial charge in [0.15, 0.2) is 0 Å². The van der Waals surface area contributed by atoms with E-state index in [9.17, 15) is 14.7 Å². The van der Waals surface area contributed by atoms with E-state index in [-0.39, 0.29) is 43.0 Å². The Labute approximate surface area is 211 Å². The first-order valence-corrected chi connectivity index (χ1v) is 12.3. The van der Waals surface area contributed by atoms with Crippen LogP contribution in [-0.2, 0) is 11.2 Å². The number of benzene rings is 3. The first kappa shape index (κ1) is 25.5. The number of amides is 3. The Hall–Kier alpha value is -3.62. The van der Waals surface area contributed by atoms with E-state index in [1.807, 2.05) is 63.4 Å². The van der Waals surface area contributed by atoms with Crippen molar-refractivity contribution in [3.63, 3.8) is 0 Å². The van der Waals surface area contributed by atoms with Crippen molar-refractivity contribution in [1.29, 1.82) is 0 Å². The molecule has 0 fully saturated rings. The normalized spacial score (nSPS) is 18.9. The SMILES string of the molecule is CNC[C@H]1Oc2ccc(NC(=O)Nc3cccc4ccccc34)cc2CC(=O)N([C@@H](C)CO)C[C@@H]1C. The van der Waals surface area contributed by atoms with Crippen molar-refractivity contribution < 1.29 is 19.4 Å². The highest BCUT2D eigenvalue weighted by atomic mass is 16.5. The van der Waals surface area contributed by atoms with Crippen LogP contribution in [0.2, 0.25) is 0 Å². The summed E-state index contributed by atoms with van der Waals surface area (Å²) in [6, 6.07) is 18.3. The lowest BCUT2D eigenvalue weighted by Crippen LogP contribution is -2.47. The minimum absolute atomic E-state index is 0.0469. The molecule has 0 saturated heterocycles.